The van der Waals surface area contributed by atoms with E-state index in [1.807, 2.05) is 36.4 Å². The standard InChI is InChI=1S/C20H25NO3/c1-3-5-14-24-19-8-6-7-17(15-19)21-20(22)16-9-11-18(12-10-16)23-13-4-2/h6-12,15H,3-5,13-14H2,1-2H3,(H,21,22). The third-order valence-electron chi connectivity index (χ3n) is 3.45. The lowest BCUT2D eigenvalue weighted by atomic mass is 10.2. The van der Waals surface area contributed by atoms with Gasteiger partial charge in [-0.15, -0.1) is 0 Å². The summed E-state index contributed by atoms with van der Waals surface area (Å²) in [5.41, 5.74) is 1.32. The fourth-order valence-corrected chi connectivity index (χ4v) is 2.12. The van der Waals surface area contributed by atoms with Gasteiger partial charge in [0.25, 0.3) is 5.91 Å². The molecule has 0 saturated carbocycles. The number of benzene rings is 2. The van der Waals surface area contributed by atoms with Gasteiger partial charge in [0.1, 0.15) is 11.5 Å². The minimum absolute atomic E-state index is 0.150. The van der Waals surface area contributed by atoms with Gasteiger partial charge in [0.15, 0.2) is 0 Å². The molecular formula is C20H25NO3. The van der Waals surface area contributed by atoms with Crippen molar-refractivity contribution in [2.75, 3.05) is 18.5 Å². The zero-order valence-electron chi connectivity index (χ0n) is 14.4. The second-order valence-electron chi connectivity index (χ2n) is 5.56. The van der Waals surface area contributed by atoms with Crippen LogP contribution in [0.3, 0.4) is 0 Å². The van der Waals surface area contributed by atoms with Gasteiger partial charge in [-0.3, -0.25) is 4.79 Å². The third-order valence-corrected chi connectivity index (χ3v) is 3.45. The largest absolute Gasteiger partial charge is 0.494 e. The number of carbonyl (C=O) groups is 1. The highest BCUT2D eigenvalue weighted by atomic mass is 16.5. The van der Waals surface area contributed by atoms with Crippen LogP contribution >= 0.6 is 0 Å². The molecule has 0 aromatic heterocycles. The van der Waals surface area contributed by atoms with Crippen LogP contribution < -0.4 is 14.8 Å². The van der Waals surface area contributed by atoms with E-state index in [-0.39, 0.29) is 5.91 Å². The molecule has 1 amide bonds. The summed E-state index contributed by atoms with van der Waals surface area (Å²) in [7, 11) is 0. The van der Waals surface area contributed by atoms with Gasteiger partial charge in [0, 0.05) is 17.3 Å². The zero-order valence-corrected chi connectivity index (χ0v) is 14.4. The fourth-order valence-electron chi connectivity index (χ4n) is 2.12. The van der Waals surface area contributed by atoms with Crippen LogP contribution in [-0.2, 0) is 0 Å². The predicted molar refractivity (Wildman–Crippen MR) is 97.0 cm³/mol. The van der Waals surface area contributed by atoms with Gasteiger partial charge in [0.2, 0.25) is 0 Å². The maximum atomic E-state index is 12.3. The van der Waals surface area contributed by atoms with Crippen LogP contribution in [0.25, 0.3) is 0 Å². The Balaban J connectivity index is 1.95. The highest BCUT2D eigenvalue weighted by molar-refractivity contribution is 6.04. The summed E-state index contributed by atoms with van der Waals surface area (Å²) in [6.07, 6.45) is 3.07. The lowest BCUT2D eigenvalue weighted by molar-refractivity contribution is 0.102. The zero-order chi connectivity index (χ0) is 17.2. The van der Waals surface area contributed by atoms with Gasteiger partial charge in [0.05, 0.1) is 13.2 Å². The molecule has 0 saturated heterocycles. The first-order valence-electron chi connectivity index (χ1n) is 8.50. The quantitative estimate of drug-likeness (QED) is 0.666. The van der Waals surface area contributed by atoms with E-state index < -0.39 is 0 Å². The van der Waals surface area contributed by atoms with E-state index >= 15 is 0 Å². The summed E-state index contributed by atoms with van der Waals surface area (Å²) in [4.78, 5) is 12.3. The van der Waals surface area contributed by atoms with Crippen LogP contribution in [0.4, 0.5) is 5.69 Å². The summed E-state index contributed by atoms with van der Waals surface area (Å²) in [6, 6.07) is 14.6. The van der Waals surface area contributed by atoms with Crippen molar-refractivity contribution in [1.82, 2.24) is 0 Å². The number of unbranched alkanes of at least 4 members (excludes halogenated alkanes) is 1. The van der Waals surface area contributed by atoms with Crippen LogP contribution in [-0.4, -0.2) is 19.1 Å². The van der Waals surface area contributed by atoms with E-state index in [1.165, 1.54) is 0 Å². The molecule has 0 bridgehead atoms. The molecule has 24 heavy (non-hydrogen) atoms. The van der Waals surface area contributed by atoms with Crippen molar-refractivity contribution in [1.29, 1.82) is 0 Å². The topological polar surface area (TPSA) is 47.6 Å². The first kappa shape index (κ1) is 17.9. The van der Waals surface area contributed by atoms with E-state index in [4.69, 9.17) is 9.47 Å². The summed E-state index contributed by atoms with van der Waals surface area (Å²) in [5.74, 6) is 1.40. The summed E-state index contributed by atoms with van der Waals surface area (Å²) >= 11 is 0. The number of ether oxygens (including phenoxy) is 2. The minimum Gasteiger partial charge on any atom is -0.494 e. The average Bonchev–Trinajstić information content (AvgIpc) is 2.61. The molecule has 0 fully saturated rings. The summed E-state index contributed by atoms with van der Waals surface area (Å²) in [5, 5.41) is 2.89. The van der Waals surface area contributed by atoms with E-state index in [2.05, 4.69) is 19.2 Å². The summed E-state index contributed by atoms with van der Waals surface area (Å²) in [6.45, 7) is 5.55. The molecule has 0 unspecified atom stereocenters. The molecular weight excluding hydrogens is 302 g/mol. The second kappa shape index (κ2) is 9.60. The molecule has 0 aliphatic heterocycles. The average molecular weight is 327 g/mol. The van der Waals surface area contributed by atoms with Gasteiger partial charge >= 0.3 is 0 Å². The first-order valence-corrected chi connectivity index (χ1v) is 8.50. The number of anilines is 1. The smallest absolute Gasteiger partial charge is 0.255 e. The maximum absolute atomic E-state index is 12.3. The molecule has 4 heteroatoms. The first-order chi connectivity index (χ1) is 11.7. The third kappa shape index (κ3) is 5.61. The Kier molecular flexibility index (Phi) is 7.15. The second-order valence-corrected chi connectivity index (χ2v) is 5.56. The van der Waals surface area contributed by atoms with E-state index in [0.717, 1.165) is 36.4 Å². The molecule has 0 heterocycles. The van der Waals surface area contributed by atoms with Crippen LogP contribution in [0.5, 0.6) is 11.5 Å². The number of hydrogen-bond acceptors (Lipinski definition) is 3. The van der Waals surface area contributed by atoms with Crippen molar-refractivity contribution in [2.45, 2.75) is 33.1 Å². The highest BCUT2D eigenvalue weighted by Crippen LogP contribution is 2.19. The Morgan fingerprint density at radius 2 is 1.67 bits per heavy atom. The van der Waals surface area contributed by atoms with Crippen molar-refractivity contribution < 1.29 is 14.3 Å². The molecule has 2 rings (SSSR count). The molecule has 0 aliphatic carbocycles. The van der Waals surface area contributed by atoms with E-state index in [0.29, 0.717) is 18.8 Å². The van der Waals surface area contributed by atoms with Gasteiger partial charge in [-0.1, -0.05) is 26.3 Å². The Hall–Kier alpha value is -2.49. The molecule has 0 radical (unpaired) electrons. The van der Waals surface area contributed by atoms with Crippen LogP contribution in [0.15, 0.2) is 48.5 Å². The molecule has 2 aromatic carbocycles. The number of carbonyl (C=O) groups excluding carboxylic acids is 1. The Morgan fingerprint density at radius 1 is 0.917 bits per heavy atom. The molecule has 2 aromatic rings. The van der Waals surface area contributed by atoms with Crippen molar-refractivity contribution in [3.63, 3.8) is 0 Å². The summed E-state index contributed by atoms with van der Waals surface area (Å²) < 4.78 is 11.2. The van der Waals surface area contributed by atoms with Crippen molar-refractivity contribution >= 4 is 11.6 Å². The molecule has 0 spiro atoms. The SMILES string of the molecule is CCCCOc1cccc(NC(=O)c2ccc(OCCC)cc2)c1. The molecule has 4 nitrogen and oxygen atoms in total. The molecule has 1 N–H and O–H groups in total. The molecule has 0 aliphatic rings. The number of hydrogen-bond donors (Lipinski definition) is 1. The van der Waals surface area contributed by atoms with Gasteiger partial charge in [-0.2, -0.15) is 0 Å². The van der Waals surface area contributed by atoms with E-state index in [1.54, 1.807) is 12.1 Å². The maximum Gasteiger partial charge on any atom is 0.255 e. The van der Waals surface area contributed by atoms with E-state index in [9.17, 15) is 4.79 Å². The lowest BCUT2D eigenvalue weighted by Crippen LogP contribution is -2.12. The Labute approximate surface area is 143 Å². The Morgan fingerprint density at radius 3 is 2.38 bits per heavy atom. The van der Waals surface area contributed by atoms with Crippen LogP contribution in [0.2, 0.25) is 0 Å². The fraction of sp³-hybridized carbons (Fsp3) is 0.350. The lowest BCUT2D eigenvalue weighted by Gasteiger charge is -2.09. The van der Waals surface area contributed by atoms with Gasteiger partial charge in [-0.05, 0) is 49.2 Å². The van der Waals surface area contributed by atoms with Crippen molar-refractivity contribution in [3.8, 4) is 11.5 Å². The minimum atomic E-state index is -0.150. The van der Waals surface area contributed by atoms with Crippen LogP contribution in [0.1, 0.15) is 43.5 Å². The monoisotopic (exact) mass is 327 g/mol. The van der Waals surface area contributed by atoms with Crippen molar-refractivity contribution in [2.24, 2.45) is 0 Å². The number of rotatable bonds is 9. The van der Waals surface area contributed by atoms with Crippen molar-refractivity contribution in [3.05, 3.63) is 54.1 Å². The number of nitrogens with one attached hydrogen (secondary N) is 1. The predicted octanol–water partition coefficient (Wildman–Crippen LogP) is 4.91. The normalized spacial score (nSPS) is 10.2. The molecule has 128 valence electrons. The number of amides is 1. The Bertz CT molecular complexity index is 638. The van der Waals surface area contributed by atoms with Gasteiger partial charge < -0.3 is 14.8 Å². The van der Waals surface area contributed by atoms with Gasteiger partial charge in [-0.25, -0.2) is 0 Å². The van der Waals surface area contributed by atoms with Crippen LogP contribution in [0, 0.1) is 0 Å². The highest BCUT2D eigenvalue weighted by Gasteiger charge is 2.07. The molecule has 0 atom stereocenters.